The SMILES string of the molecule is C[C@H]1[C@H](C)CCC[C@@H]1N(CC(=O)Nc1ccc(S(N)(=O)=O)cc1)Cc1ccc2c(c1)OCO2. The number of hydrogen-bond donors (Lipinski definition) is 2. The minimum atomic E-state index is -3.77. The fraction of sp³-hybridized carbons (Fsp3) is 0.458. The number of nitrogens with zero attached hydrogens (tertiary/aromatic N) is 1. The van der Waals surface area contributed by atoms with E-state index in [1.807, 2.05) is 18.2 Å². The van der Waals surface area contributed by atoms with Gasteiger partial charge in [0.2, 0.25) is 22.7 Å². The van der Waals surface area contributed by atoms with Gasteiger partial charge in [0.25, 0.3) is 0 Å². The molecule has 178 valence electrons. The van der Waals surface area contributed by atoms with Crippen LogP contribution in [0.25, 0.3) is 0 Å². The van der Waals surface area contributed by atoms with Gasteiger partial charge in [0.15, 0.2) is 11.5 Å². The van der Waals surface area contributed by atoms with Crippen LogP contribution in [0.4, 0.5) is 5.69 Å². The van der Waals surface area contributed by atoms with E-state index in [1.54, 1.807) is 12.1 Å². The lowest BCUT2D eigenvalue weighted by Crippen LogP contribution is -2.46. The highest BCUT2D eigenvalue weighted by molar-refractivity contribution is 7.89. The van der Waals surface area contributed by atoms with Crippen LogP contribution in [0.1, 0.15) is 38.7 Å². The first-order valence-corrected chi connectivity index (χ1v) is 12.8. The summed E-state index contributed by atoms with van der Waals surface area (Å²) in [5.74, 6) is 2.39. The highest BCUT2D eigenvalue weighted by Gasteiger charge is 2.32. The molecule has 4 rings (SSSR count). The number of primary sulfonamides is 1. The third-order valence-corrected chi connectivity index (χ3v) is 7.70. The molecule has 1 saturated carbocycles. The number of benzene rings is 2. The van der Waals surface area contributed by atoms with Crippen molar-refractivity contribution in [2.45, 2.75) is 50.6 Å². The standard InChI is InChI=1S/C24H31N3O5S/c1-16-4-3-5-21(17(16)2)27(13-18-6-11-22-23(12-18)32-15-31-22)14-24(28)26-19-7-9-20(10-8-19)33(25,29)30/h6-12,16-17,21H,3-5,13-15H2,1-2H3,(H,26,28)(H2,25,29,30)/t16-,17+,21+/m1/s1. The molecule has 8 nitrogen and oxygen atoms in total. The van der Waals surface area contributed by atoms with Gasteiger partial charge in [0.1, 0.15) is 0 Å². The lowest BCUT2D eigenvalue weighted by atomic mass is 9.77. The fourth-order valence-corrected chi connectivity index (χ4v) is 5.26. The van der Waals surface area contributed by atoms with Crippen molar-refractivity contribution in [1.29, 1.82) is 0 Å². The molecular formula is C24H31N3O5S. The van der Waals surface area contributed by atoms with Gasteiger partial charge in [-0.2, -0.15) is 0 Å². The summed E-state index contributed by atoms with van der Waals surface area (Å²) in [5.41, 5.74) is 1.59. The first kappa shape index (κ1) is 23.5. The first-order chi connectivity index (χ1) is 15.7. The topological polar surface area (TPSA) is 111 Å². The zero-order valence-electron chi connectivity index (χ0n) is 19.0. The van der Waals surface area contributed by atoms with Crippen molar-refractivity contribution in [3.8, 4) is 11.5 Å². The number of carbonyl (C=O) groups excluding carboxylic acids is 1. The van der Waals surface area contributed by atoms with Gasteiger partial charge in [-0.3, -0.25) is 9.69 Å². The number of amides is 1. The molecule has 0 unspecified atom stereocenters. The molecule has 1 aliphatic heterocycles. The molecule has 1 aliphatic carbocycles. The Morgan fingerprint density at radius 2 is 1.82 bits per heavy atom. The number of nitrogens with two attached hydrogens (primary N) is 1. The van der Waals surface area contributed by atoms with E-state index in [0.717, 1.165) is 29.9 Å². The Balaban J connectivity index is 1.49. The third-order valence-electron chi connectivity index (χ3n) is 6.77. The zero-order chi connectivity index (χ0) is 23.6. The molecule has 0 radical (unpaired) electrons. The Bertz CT molecular complexity index is 1100. The number of carbonyl (C=O) groups is 1. The monoisotopic (exact) mass is 473 g/mol. The van der Waals surface area contributed by atoms with Crippen molar-refractivity contribution >= 4 is 21.6 Å². The van der Waals surface area contributed by atoms with Gasteiger partial charge in [-0.25, -0.2) is 13.6 Å². The van der Waals surface area contributed by atoms with Gasteiger partial charge < -0.3 is 14.8 Å². The average Bonchev–Trinajstić information content (AvgIpc) is 3.23. The van der Waals surface area contributed by atoms with Crippen molar-refractivity contribution in [2.75, 3.05) is 18.7 Å². The Labute approximate surface area is 195 Å². The van der Waals surface area contributed by atoms with Gasteiger partial charge >= 0.3 is 0 Å². The Morgan fingerprint density at radius 3 is 2.55 bits per heavy atom. The van der Waals surface area contributed by atoms with Crippen LogP contribution in [-0.2, 0) is 21.4 Å². The third kappa shape index (κ3) is 5.66. The number of nitrogens with one attached hydrogen (secondary N) is 1. The van der Waals surface area contributed by atoms with Gasteiger partial charge in [-0.1, -0.05) is 32.8 Å². The second-order valence-electron chi connectivity index (χ2n) is 9.04. The van der Waals surface area contributed by atoms with Gasteiger partial charge in [-0.05, 0) is 60.2 Å². The van der Waals surface area contributed by atoms with Crippen LogP contribution in [0.5, 0.6) is 11.5 Å². The fourth-order valence-electron chi connectivity index (χ4n) is 4.75. The molecule has 1 fully saturated rings. The molecule has 2 aromatic rings. The lowest BCUT2D eigenvalue weighted by molar-refractivity contribution is -0.118. The second kappa shape index (κ2) is 9.70. The van der Waals surface area contributed by atoms with E-state index in [4.69, 9.17) is 14.6 Å². The maximum atomic E-state index is 13.0. The molecule has 3 atom stereocenters. The zero-order valence-corrected chi connectivity index (χ0v) is 19.8. The molecular weight excluding hydrogens is 442 g/mol. The summed E-state index contributed by atoms with van der Waals surface area (Å²) in [6.07, 6.45) is 3.40. The van der Waals surface area contributed by atoms with Crippen molar-refractivity contribution in [3.05, 3.63) is 48.0 Å². The minimum absolute atomic E-state index is 0.00921. The van der Waals surface area contributed by atoms with Gasteiger partial charge in [0.05, 0.1) is 11.4 Å². The molecule has 0 spiro atoms. The largest absolute Gasteiger partial charge is 0.454 e. The molecule has 9 heteroatoms. The van der Waals surface area contributed by atoms with E-state index < -0.39 is 10.0 Å². The average molecular weight is 474 g/mol. The molecule has 2 aromatic carbocycles. The van der Waals surface area contributed by atoms with Crippen LogP contribution in [0.2, 0.25) is 0 Å². The Kier molecular flexibility index (Phi) is 6.92. The summed E-state index contributed by atoms with van der Waals surface area (Å²) in [6.45, 7) is 5.63. The maximum Gasteiger partial charge on any atom is 0.238 e. The highest BCUT2D eigenvalue weighted by Crippen LogP contribution is 2.36. The Hall–Kier alpha value is -2.62. The molecule has 0 saturated heterocycles. The summed E-state index contributed by atoms with van der Waals surface area (Å²) in [7, 11) is -3.77. The number of hydrogen-bond acceptors (Lipinski definition) is 6. The number of ether oxygens (including phenoxy) is 2. The lowest BCUT2D eigenvalue weighted by Gasteiger charge is -2.41. The van der Waals surface area contributed by atoms with E-state index in [1.165, 1.54) is 18.6 Å². The van der Waals surface area contributed by atoms with E-state index >= 15 is 0 Å². The predicted molar refractivity (Wildman–Crippen MR) is 125 cm³/mol. The van der Waals surface area contributed by atoms with E-state index in [2.05, 4.69) is 24.1 Å². The van der Waals surface area contributed by atoms with E-state index in [0.29, 0.717) is 24.1 Å². The van der Waals surface area contributed by atoms with Gasteiger partial charge in [-0.15, -0.1) is 0 Å². The summed E-state index contributed by atoms with van der Waals surface area (Å²) in [6, 6.07) is 12.1. The Morgan fingerprint density at radius 1 is 1.09 bits per heavy atom. The van der Waals surface area contributed by atoms with Crippen molar-refractivity contribution in [2.24, 2.45) is 17.0 Å². The summed E-state index contributed by atoms with van der Waals surface area (Å²) < 4.78 is 33.9. The molecule has 1 amide bonds. The van der Waals surface area contributed by atoms with Crippen LogP contribution in [0, 0.1) is 11.8 Å². The highest BCUT2D eigenvalue weighted by atomic mass is 32.2. The summed E-state index contributed by atoms with van der Waals surface area (Å²) in [4.78, 5) is 15.2. The van der Waals surface area contributed by atoms with E-state index in [9.17, 15) is 13.2 Å². The smallest absolute Gasteiger partial charge is 0.238 e. The maximum absolute atomic E-state index is 13.0. The van der Waals surface area contributed by atoms with Crippen LogP contribution < -0.4 is 19.9 Å². The molecule has 33 heavy (non-hydrogen) atoms. The number of fused-ring (bicyclic) bond motifs is 1. The van der Waals surface area contributed by atoms with Crippen LogP contribution in [-0.4, -0.2) is 38.6 Å². The number of sulfonamides is 1. The number of rotatable bonds is 7. The predicted octanol–water partition coefficient (Wildman–Crippen LogP) is 3.33. The molecule has 2 aliphatic rings. The molecule has 3 N–H and O–H groups in total. The summed E-state index contributed by atoms with van der Waals surface area (Å²) in [5, 5.41) is 8.03. The molecule has 1 heterocycles. The summed E-state index contributed by atoms with van der Waals surface area (Å²) >= 11 is 0. The quantitative estimate of drug-likeness (QED) is 0.638. The van der Waals surface area contributed by atoms with E-state index in [-0.39, 0.29) is 30.2 Å². The van der Waals surface area contributed by atoms with Gasteiger partial charge in [0, 0.05) is 18.3 Å². The molecule has 0 aromatic heterocycles. The minimum Gasteiger partial charge on any atom is -0.454 e. The van der Waals surface area contributed by atoms with Crippen molar-refractivity contribution < 1.29 is 22.7 Å². The van der Waals surface area contributed by atoms with Crippen LogP contribution >= 0.6 is 0 Å². The first-order valence-electron chi connectivity index (χ1n) is 11.3. The van der Waals surface area contributed by atoms with Crippen LogP contribution in [0.15, 0.2) is 47.4 Å². The van der Waals surface area contributed by atoms with Crippen molar-refractivity contribution in [1.82, 2.24) is 4.90 Å². The van der Waals surface area contributed by atoms with Crippen molar-refractivity contribution in [3.63, 3.8) is 0 Å². The molecule has 0 bridgehead atoms. The number of anilines is 1. The van der Waals surface area contributed by atoms with Crippen LogP contribution in [0.3, 0.4) is 0 Å². The normalized spacial score (nSPS) is 22.4. The second-order valence-corrected chi connectivity index (χ2v) is 10.6.